The highest BCUT2D eigenvalue weighted by Crippen LogP contribution is 2.28. The van der Waals surface area contributed by atoms with Crippen molar-refractivity contribution in [2.45, 2.75) is 129 Å². The maximum absolute atomic E-state index is 12.9. The molecule has 4 heteroatoms. The van der Waals surface area contributed by atoms with E-state index < -0.39 is 5.92 Å². The molecule has 0 saturated heterocycles. The molecule has 36 heavy (non-hydrogen) atoms. The molecule has 0 bridgehead atoms. The molecular formula is C32H52O4. The van der Waals surface area contributed by atoms with Gasteiger partial charge in [-0.1, -0.05) is 141 Å². The summed E-state index contributed by atoms with van der Waals surface area (Å²) in [5.41, 5.74) is 1.18. The minimum Gasteiger partial charge on any atom is -0.462 e. The van der Waals surface area contributed by atoms with Crippen LogP contribution in [0.1, 0.15) is 145 Å². The maximum Gasteiger partial charge on any atom is 0.338 e. The smallest absolute Gasteiger partial charge is 0.338 e. The average molecular weight is 501 g/mol. The van der Waals surface area contributed by atoms with Gasteiger partial charge >= 0.3 is 11.9 Å². The molecular weight excluding hydrogens is 448 g/mol. The van der Waals surface area contributed by atoms with Crippen molar-refractivity contribution in [1.82, 2.24) is 0 Å². The SMILES string of the molecule is C=CCOC(=O)C(CCCCCCCCCCCCCCCC)c1ccccc1C(=O)OCCCC. The molecule has 1 aromatic rings. The summed E-state index contributed by atoms with van der Waals surface area (Å²) in [5.74, 6) is -1.11. The average Bonchev–Trinajstić information content (AvgIpc) is 2.89. The molecule has 1 aromatic carbocycles. The number of ether oxygens (including phenoxy) is 2. The van der Waals surface area contributed by atoms with Crippen molar-refractivity contribution in [2.24, 2.45) is 0 Å². The van der Waals surface area contributed by atoms with E-state index in [4.69, 9.17) is 9.47 Å². The van der Waals surface area contributed by atoms with Crippen molar-refractivity contribution in [1.29, 1.82) is 0 Å². The number of rotatable bonds is 23. The van der Waals surface area contributed by atoms with Gasteiger partial charge in [0.05, 0.1) is 18.1 Å². The second kappa shape index (κ2) is 22.1. The summed E-state index contributed by atoms with van der Waals surface area (Å²) in [6, 6.07) is 7.30. The number of hydrogen-bond donors (Lipinski definition) is 0. The maximum atomic E-state index is 12.9. The van der Waals surface area contributed by atoms with Gasteiger partial charge in [0.2, 0.25) is 0 Å². The van der Waals surface area contributed by atoms with Crippen molar-refractivity contribution >= 4 is 11.9 Å². The van der Waals surface area contributed by atoms with Gasteiger partial charge in [0, 0.05) is 0 Å². The van der Waals surface area contributed by atoms with Crippen LogP contribution in [-0.4, -0.2) is 25.2 Å². The van der Waals surface area contributed by atoms with E-state index in [0.29, 0.717) is 24.2 Å². The molecule has 0 heterocycles. The Labute approximate surface area is 221 Å². The largest absolute Gasteiger partial charge is 0.462 e. The van der Waals surface area contributed by atoms with Crippen LogP contribution in [0.25, 0.3) is 0 Å². The summed E-state index contributed by atoms with van der Waals surface area (Å²) in [6.45, 7) is 8.54. The van der Waals surface area contributed by atoms with Crippen LogP contribution in [0.4, 0.5) is 0 Å². The van der Waals surface area contributed by atoms with Gasteiger partial charge in [0.25, 0.3) is 0 Å². The zero-order valence-corrected chi connectivity index (χ0v) is 23.2. The highest BCUT2D eigenvalue weighted by atomic mass is 16.5. The molecule has 0 saturated carbocycles. The third kappa shape index (κ3) is 14.5. The minimum atomic E-state index is -0.461. The fraction of sp³-hybridized carbons (Fsp3) is 0.688. The van der Waals surface area contributed by atoms with Gasteiger partial charge in [-0.3, -0.25) is 4.79 Å². The Bertz CT molecular complexity index is 712. The van der Waals surface area contributed by atoms with Crippen LogP contribution >= 0.6 is 0 Å². The number of carbonyl (C=O) groups excluding carboxylic acids is 2. The first-order valence-corrected chi connectivity index (χ1v) is 14.7. The molecule has 4 nitrogen and oxygen atoms in total. The summed E-state index contributed by atoms with van der Waals surface area (Å²) >= 11 is 0. The van der Waals surface area contributed by atoms with Gasteiger partial charge in [-0.2, -0.15) is 0 Å². The Morgan fingerprint density at radius 1 is 0.750 bits per heavy atom. The number of carbonyl (C=O) groups is 2. The van der Waals surface area contributed by atoms with Crippen LogP contribution in [0, 0.1) is 0 Å². The van der Waals surface area contributed by atoms with Gasteiger partial charge in [-0.15, -0.1) is 0 Å². The minimum absolute atomic E-state index is 0.178. The lowest BCUT2D eigenvalue weighted by Gasteiger charge is -2.19. The first kappa shape index (κ1) is 31.9. The third-order valence-electron chi connectivity index (χ3n) is 6.76. The summed E-state index contributed by atoms with van der Waals surface area (Å²) in [4.78, 5) is 25.6. The van der Waals surface area contributed by atoms with Crippen molar-refractivity contribution in [2.75, 3.05) is 13.2 Å². The lowest BCUT2D eigenvalue weighted by atomic mass is 9.89. The molecule has 1 rings (SSSR count). The van der Waals surface area contributed by atoms with Crippen molar-refractivity contribution in [3.8, 4) is 0 Å². The van der Waals surface area contributed by atoms with E-state index in [0.717, 1.165) is 25.7 Å². The predicted octanol–water partition coefficient (Wildman–Crippen LogP) is 9.33. The second-order valence-electron chi connectivity index (χ2n) is 9.93. The Kier molecular flexibility index (Phi) is 19.6. The predicted molar refractivity (Wildman–Crippen MR) is 150 cm³/mol. The fourth-order valence-corrected chi connectivity index (χ4v) is 4.56. The summed E-state index contributed by atoms with van der Waals surface area (Å²) in [7, 11) is 0. The van der Waals surface area contributed by atoms with E-state index in [2.05, 4.69) is 20.4 Å². The molecule has 0 radical (unpaired) electrons. The Morgan fingerprint density at radius 2 is 1.28 bits per heavy atom. The third-order valence-corrected chi connectivity index (χ3v) is 6.76. The monoisotopic (exact) mass is 500 g/mol. The van der Waals surface area contributed by atoms with E-state index in [1.165, 1.54) is 77.0 Å². The van der Waals surface area contributed by atoms with Gasteiger partial charge in [0.1, 0.15) is 6.61 Å². The van der Waals surface area contributed by atoms with E-state index in [9.17, 15) is 9.59 Å². The molecule has 0 aliphatic heterocycles. The van der Waals surface area contributed by atoms with Crippen molar-refractivity contribution < 1.29 is 19.1 Å². The Hall–Kier alpha value is -2.10. The van der Waals surface area contributed by atoms with E-state index in [-0.39, 0.29) is 18.5 Å². The molecule has 0 aliphatic rings. The van der Waals surface area contributed by atoms with Crippen molar-refractivity contribution in [3.63, 3.8) is 0 Å². The molecule has 204 valence electrons. The molecule has 0 spiro atoms. The molecule has 0 amide bonds. The number of esters is 2. The number of unbranched alkanes of at least 4 members (excludes halogenated alkanes) is 14. The lowest BCUT2D eigenvalue weighted by molar-refractivity contribution is -0.144. The molecule has 1 unspecified atom stereocenters. The summed E-state index contributed by atoms with van der Waals surface area (Å²) in [6.07, 6.45) is 22.2. The molecule has 0 aromatic heterocycles. The zero-order valence-electron chi connectivity index (χ0n) is 23.2. The zero-order chi connectivity index (χ0) is 26.3. The fourth-order valence-electron chi connectivity index (χ4n) is 4.56. The molecule has 0 fully saturated rings. The highest BCUT2D eigenvalue weighted by Gasteiger charge is 2.26. The number of hydrogen-bond acceptors (Lipinski definition) is 4. The van der Waals surface area contributed by atoms with Crippen LogP contribution in [0.2, 0.25) is 0 Å². The quantitative estimate of drug-likeness (QED) is 0.0853. The summed E-state index contributed by atoms with van der Waals surface area (Å²) < 4.78 is 10.8. The second-order valence-corrected chi connectivity index (χ2v) is 9.93. The van der Waals surface area contributed by atoms with Crippen molar-refractivity contribution in [3.05, 3.63) is 48.0 Å². The van der Waals surface area contributed by atoms with E-state index in [1.807, 2.05) is 18.2 Å². The molecule has 0 aliphatic carbocycles. The molecule has 0 N–H and O–H groups in total. The summed E-state index contributed by atoms with van der Waals surface area (Å²) in [5, 5.41) is 0. The van der Waals surface area contributed by atoms with Gasteiger partial charge in [0.15, 0.2) is 0 Å². The van der Waals surface area contributed by atoms with E-state index >= 15 is 0 Å². The molecule has 1 atom stereocenters. The van der Waals surface area contributed by atoms with E-state index in [1.54, 1.807) is 12.1 Å². The van der Waals surface area contributed by atoms with Crippen LogP contribution < -0.4 is 0 Å². The van der Waals surface area contributed by atoms with Gasteiger partial charge in [-0.25, -0.2) is 4.79 Å². The normalized spacial score (nSPS) is 11.7. The Morgan fingerprint density at radius 3 is 1.83 bits per heavy atom. The standard InChI is InChI=1S/C32H52O4/c1-4-7-9-10-11-12-13-14-15-16-17-18-19-20-24-29(31(33)35-26-6-3)28-23-21-22-25-30(28)32(34)36-27-8-5-2/h6,21-23,25,29H,3-5,7-20,24,26-27H2,1-2H3. The Balaban J connectivity index is 2.44. The van der Waals surface area contributed by atoms with Crippen LogP contribution in [0.5, 0.6) is 0 Å². The lowest BCUT2D eigenvalue weighted by Crippen LogP contribution is -2.20. The topological polar surface area (TPSA) is 52.6 Å². The van der Waals surface area contributed by atoms with Crippen LogP contribution in [-0.2, 0) is 14.3 Å². The first-order chi connectivity index (χ1) is 17.7. The number of benzene rings is 1. The van der Waals surface area contributed by atoms with Gasteiger partial charge in [-0.05, 0) is 24.5 Å². The van der Waals surface area contributed by atoms with Gasteiger partial charge < -0.3 is 9.47 Å². The highest BCUT2D eigenvalue weighted by molar-refractivity contribution is 5.93. The first-order valence-electron chi connectivity index (χ1n) is 14.7. The van der Waals surface area contributed by atoms with Crippen LogP contribution in [0.3, 0.4) is 0 Å². The van der Waals surface area contributed by atoms with Crippen LogP contribution in [0.15, 0.2) is 36.9 Å².